The van der Waals surface area contributed by atoms with Gasteiger partial charge in [0.05, 0.1) is 0 Å². The first-order valence-electron chi connectivity index (χ1n) is 7.34. The van der Waals surface area contributed by atoms with E-state index in [0.717, 1.165) is 12.0 Å². The molecule has 2 rings (SSSR count). The van der Waals surface area contributed by atoms with Crippen molar-refractivity contribution >= 4 is 0 Å². The smallest absolute Gasteiger partial charge is 0.0195 e. The van der Waals surface area contributed by atoms with Crippen molar-refractivity contribution in [1.29, 1.82) is 0 Å². The average Bonchev–Trinajstić information content (AvgIpc) is 2.93. The van der Waals surface area contributed by atoms with Crippen LogP contribution in [0.15, 0.2) is 0 Å². The molecular weight excluding hydrogens is 196 g/mol. The highest BCUT2D eigenvalue weighted by atomic mass is 15.2. The van der Waals surface area contributed by atoms with Gasteiger partial charge in [0.2, 0.25) is 0 Å². The minimum atomic E-state index is 0.792. The minimum Gasteiger partial charge on any atom is -0.313 e. The Morgan fingerprint density at radius 1 is 1.12 bits per heavy atom. The zero-order valence-corrected chi connectivity index (χ0v) is 10.9. The second-order valence-electron chi connectivity index (χ2n) is 5.70. The number of hydrogen-bond donors (Lipinski definition) is 1. The molecule has 2 nitrogen and oxygen atoms in total. The maximum absolute atomic E-state index is 3.63. The molecule has 0 aromatic carbocycles. The molecule has 1 atom stereocenters. The lowest BCUT2D eigenvalue weighted by Gasteiger charge is -2.25. The van der Waals surface area contributed by atoms with Crippen molar-refractivity contribution in [3.05, 3.63) is 0 Å². The van der Waals surface area contributed by atoms with Gasteiger partial charge in [-0.1, -0.05) is 19.8 Å². The molecule has 0 radical (unpaired) electrons. The van der Waals surface area contributed by atoms with Gasteiger partial charge in [-0.2, -0.15) is 0 Å². The zero-order valence-electron chi connectivity index (χ0n) is 10.9. The van der Waals surface area contributed by atoms with Gasteiger partial charge < -0.3 is 10.2 Å². The summed E-state index contributed by atoms with van der Waals surface area (Å²) < 4.78 is 0. The van der Waals surface area contributed by atoms with Crippen LogP contribution in [-0.4, -0.2) is 37.1 Å². The lowest BCUT2D eigenvalue weighted by molar-refractivity contribution is 0.235. The third-order valence-electron chi connectivity index (χ3n) is 3.93. The van der Waals surface area contributed by atoms with Crippen LogP contribution in [0.5, 0.6) is 0 Å². The predicted molar refractivity (Wildman–Crippen MR) is 69.7 cm³/mol. The first kappa shape index (κ1) is 12.4. The van der Waals surface area contributed by atoms with Crippen molar-refractivity contribution in [2.75, 3.05) is 26.2 Å². The van der Waals surface area contributed by atoms with Gasteiger partial charge in [0.15, 0.2) is 0 Å². The summed E-state index contributed by atoms with van der Waals surface area (Å²) in [5, 5.41) is 3.63. The van der Waals surface area contributed by atoms with Crippen LogP contribution < -0.4 is 5.32 Å². The lowest BCUT2D eigenvalue weighted by atomic mass is 10.2. The summed E-state index contributed by atoms with van der Waals surface area (Å²) in [6.07, 6.45) is 9.91. The maximum Gasteiger partial charge on any atom is 0.0195 e. The molecule has 0 spiro atoms. The van der Waals surface area contributed by atoms with E-state index in [1.165, 1.54) is 71.1 Å². The van der Waals surface area contributed by atoms with E-state index in [1.54, 1.807) is 0 Å². The molecule has 16 heavy (non-hydrogen) atoms. The Labute approximate surface area is 101 Å². The van der Waals surface area contributed by atoms with E-state index in [2.05, 4.69) is 17.1 Å². The van der Waals surface area contributed by atoms with Gasteiger partial charge in [0, 0.05) is 19.1 Å². The minimum absolute atomic E-state index is 0.792. The van der Waals surface area contributed by atoms with Gasteiger partial charge in [0.1, 0.15) is 0 Å². The van der Waals surface area contributed by atoms with Crippen molar-refractivity contribution in [1.82, 2.24) is 10.2 Å². The third-order valence-corrected chi connectivity index (χ3v) is 3.93. The highest BCUT2D eigenvalue weighted by Crippen LogP contribution is 2.30. The molecule has 0 amide bonds. The number of nitrogens with one attached hydrogen (secondary N) is 1. The van der Waals surface area contributed by atoms with Gasteiger partial charge in [-0.05, 0) is 51.1 Å². The molecule has 2 fully saturated rings. The van der Waals surface area contributed by atoms with E-state index in [1.807, 2.05) is 0 Å². The summed E-state index contributed by atoms with van der Waals surface area (Å²) in [6.45, 7) is 7.56. The Morgan fingerprint density at radius 3 is 2.62 bits per heavy atom. The van der Waals surface area contributed by atoms with Gasteiger partial charge in [-0.3, -0.25) is 0 Å². The molecule has 1 saturated heterocycles. The van der Waals surface area contributed by atoms with Gasteiger partial charge in [-0.25, -0.2) is 0 Å². The number of nitrogens with zero attached hydrogens (tertiary/aromatic N) is 1. The van der Waals surface area contributed by atoms with Gasteiger partial charge in [-0.15, -0.1) is 0 Å². The van der Waals surface area contributed by atoms with E-state index in [4.69, 9.17) is 0 Å². The summed E-state index contributed by atoms with van der Waals surface area (Å²) in [5.74, 6) is 1.04. The molecule has 1 unspecified atom stereocenters. The molecule has 1 aliphatic heterocycles. The quantitative estimate of drug-likeness (QED) is 0.638. The summed E-state index contributed by atoms with van der Waals surface area (Å²) in [4.78, 5) is 2.73. The van der Waals surface area contributed by atoms with E-state index in [9.17, 15) is 0 Å². The molecule has 1 N–H and O–H groups in total. The van der Waals surface area contributed by atoms with Crippen molar-refractivity contribution in [2.24, 2.45) is 5.92 Å². The number of unbranched alkanes of at least 4 members (excludes halogenated alkanes) is 2. The second kappa shape index (κ2) is 6.61. The molecule has 2 heteroatoms. The summed E-state index contributed by atoms with van der Waals surface area (Å²) in [6, 6.07) is 0.792. The SMILES string of the molecule is CCCCCN(CC1CC1)CC1CCCN1. The van der Waals surface area contributed by atoms with Crippen molar-refractivity contribution in [2.45, 2.75) is 57.9 Å². The summed E-state index contributed by atoms with van der Waals surface area (Å²) in [7, 11) is 0. The standard InChI is InChI=1S/C14H28N2/c1-2-3-4-10-16(11-13-7-8-13)12-14-6-5-9-15-14/h13-15H,2-12H2,1H3. The van der Waals surface area contributed by atoms with E-state index in [0.29, 0.717) is 0 Å². The van der Waals surface area contributed by atoms with Crippen LogP contribution in [0.3, 0.4) is 0 Å². The lowest BCUT2D eigenvalue weighted by Crippen LogP contribution is -2.39. The predicted octanol–water partition coefficient (Wildman–Crippen LogP) is 2.64. The van der Waals surface area contributed by atoms with Crippen LogP contribution in [-0.2, 0) is 0 Å². The molecule has 0 aromatic rings. The largest absolute Gasteiger partial charge is 0.313 e. The van der Waals surface area contributed by atoms with E-state index in [-0.39, 0.29) is 0 Å². The summed E-state index contributed by atoms with van der Waals surface area (Å²) in [5.41, 5.74) is 0. The molecule has 0 aromatic heterocycles. The third kappa shape index (κ3) is 4.42. The second-order valence-corrected chi connectivity index (χ2v) is 5.70. The molecule has 0 bridgehead atoms. The molecule has 1 heterocycles. The molecule has 94 valence electrons. The fraction of sp³-hybridized carbons (Fsp3) is 1.00. The molecule has 1 aliphatic carbocycles. The Bertz CT molecular complexity index is 183. The Hall–Kier alpha value is -0.0800. The maximum atomic E-state index is 3.63. The first-order valence-corrected chi connectivity index (χ1v) is 7.34. The normalized spacial score (nSPS) is 25.5. The van der Waals surface area contributed by atoms with Crippen LogP contribution in [0.4, 0.5) is 0 Å². The molecule has 1 saturated carbocycles. The van der Waals surface area contributed by atoms with Crippen LogP contribution in [0.2, 0.25) is 0 Å². The van der Waals surface area contributed by atoms with E-state index >= 15 is 0 Å². The Kier molecular flexibility index (Phi) is 5.11. The monoisotopic (exact) mass is 224 g/mol. The Morgan fingerprint density at radius 2 is 2.00 bits per heavy atom. The fourth-order valence-corrected chi connectivity index (χ4v) is 2.73. The van der Waals surface area contributed by atoms with Gasteiger partial charge >= 0.3 is 0 Å². The van der Waals surface area contributed by atoms with Crippen molar-refractivity contribution < 1.29 is 0 Å². The number of hydrogen-bond acceptors (Lipinski definition) is 2. The topological polar surface area (TPSA) is 15.3 Å². The summed E-state index contributed by atoms with van der Waals surface area (Å²) >= 11 is 0. The van der Waals surface area contributed by atoms with Crippen LogP contribution >= 0.6 is 0 Å². The highest BCUT2D eigenvalue weighted by molar-refractivity contribution is 4.82. The average molecular weight is 224 g/mol. The highest BCUT2D eigenvalue weighted by Gasteiger charge is 2.26. The number of rotatable bonds is 8. The zero-order chi connectivity index (χ0) is 11.2. The molecule has 2 aliphatic rings. The van der Waals surface area contributed by atoms with Crippen molar-refractivity contribution in [3.8, 4) is 0 Å². The van der Waals surface area contributed by atoms with Crippen LogP contribution in [0, 0.1) is 5.92 Å². The first-order chi connectivity index (χ1) is 7.88. The van der Waals surface area contributed by atoms with E-state index < -0.39 is 0 Å². The van der Waals surface area contributed by atoms with Crippen molar-refractivity contribution in [3.63, 3.8) is 0 Å². The van der Waals surface area contributed by atoms with Crippen LogP contribution in [0.25, 0.3) is 0 Å². The fourth-order valence-electron chi connectivity index (χ4n) is 2.73. The van der Waals surface area contributed by atoms with Gasteiger partial charge in [0.25, 0.3) is 0 Å². The van der Waals surface area contributed by atoms with Crippen LogP contribution in [0.1, 0.15) is 51.9 Å². The molecular formula is C14H28N2. The Balaban J connectivity index is 1.67.